The lowest BCUT2D eigenvalue weighted by Crippen LogP contribution is -2.11. The summed E-state index contributed by atoms with van der Waals surface area (Å²) in [5, 5.41) is 18.6. The first kappa shape index (κ1) is 18.9. The topological polar surface area (TPSA) is 121 Å². The predicted molar refractivity (Wildman–Crippen MR) is 103 cm³/mol. The first-order valence-electron chi connectivity index (χ1n) is 8.33. The zero-order valence-electron chi connectivity index (χ0n) is 15.0. The van der Waals surface area contributed by atoms with Crippen LogP contribution in [0.5, 0.6) is 0 Å². The van der Waals surface area contributed by atoms with Gasteiger partial charge in [0, 0.05) is 6.54 Å². The molecule has 3 aromatic rings. The largest absolute Gasteiger partial charge is 0.427 e. The van der Waals surface area contributed by atoms with Crippen LogP contribution in [-0.4, -0.2) is 38.2 Å². The highest BCUT2D eigenvalue weighted by Crippen LogP contribution is 2.26. The van der Waals surface area contributed by atoms with Gasteiger partial charge >= 0.3 is 6.01 Å². The van der Waals surface area contributed by atoms with Crippen molar-refractivity contribution in [3.63, 3.8) is 0 Å². The molecule has 0 atom stereocenters. The van der Waals surface area contributed by atoms with Crippen molar-refractivity contribution >= 4 is 35.2 Å². The molecule has 2 aromatic heterocycles. The molecule has 0 unspecified atom stereocenters. The summed E-state index contributed by atoms with van der Waals surface area (Å²) < 4.78 is 5.66. The van der Waals surface area contributed by atoms with Gasteiger partial charge < -0.3 is 20.2 Å². The van der Waals surface area contributed by atoms with Crippen LogP contribution in [0.1, 0.15) is 17.1 Å². The molecule has 3 rings (SSSR count). The van der Waals surface area contributed by atoms with Gasteiger partial charge in [-0.2, -0.15) is 15.0 Å². The number of aliphatic hydroxyl groups excluding tert-OH is 1. The van der Waals surface area contributed by atoms with Crippen LogP contribution in [0, 0.1) is 13.8 Å². The smallest absolute Gasteiger partial charge is 0.301 e. The van der Waals surface area contributed by atoms with Gasteiger partial charge in [0.05, 0.1) is 30.1 Å². The highest BCUT2D eigenvalue weighted by Gasteiger charge is 2.10. The fourth-order valence-corrected chi connectivity index (χ4v) is 2.65. The predicted octanol–water partition coefficient (Wildman–Crippen LogP) is 2.89. The Morgan fingerprint density at radius 2 is 1.93 bits per heavy atom. The minimum Gasteiger partial charge on any atom is -0.427 e. The third kappa shape index (κ3) is 5.05. The van der Waals surface area contributed by atoms with E-state index in [1.807, 2.05) is 25.1 Å². The van der Waals surface area contributed by atoms with Gasteiger partial charge in [-0.3, -0.25) is 5.32 Å². The monoisotopic (exact) mass is 389 g/mol. The summed E-state index contributed by atoms with van der Waals surface area (Å²) in [5.74, 6) is 1.81. The minimum atomic E-state index is -0.0193. The molecule has 27 heavy (non-hydrogen) atoms. The molecule has 0 aliphatic heterocycles. The van der Waals surface area contributed by atoms with Crippen LogP contribution >= 0.6 is 11.6 Å². The number of oxazole rings is 1. The van der Waals surface area contributed by atoms with Gasteiger partial charge in [0.15, 0.2) is 0 Å². The van der Waals surface area contributed by atoms with E-state index in [4.69, 9.17) is 21.1 Å². The first-order valence-corrected chi connectivity index (χ1v) is 8.71. The van der Waals surface area contributed by atoms with Crippen LogP contribution in [0.15, 0.2) is 28.8 Å². The van der Waals surface area contributed by atoms with Crippen LogP contribution < -0.4 is 16.0 Å². The molecule has 0 amide bonds. The number of hydrogen-bond acceptors (Lipinski definition) is 9. The molecular formula is C17H20ClN7O2. The van der Waals surface area contributed by atoms with Crippen LogP contribution in [0.3, 0.4) is 0 Å². The molecule has 0 saturated heterocycles. The Labute approximate surface area is 161 Å². The maximum atomic E-state index is 8.88. The summed E-state index contributed by atoms with van der Waals surface area (Å²) in [5.41, 5.74) is 1.90. The maximum Gasteiger partial charge on any atom is 0.301 e. The highest BCUT2D eigenvalue weighted by molar-refractivity contribution is 6.33. The van der Waals surface area contributed by atoms with E-state index in [1.54, 1.807) is 13.1 Å². The zero-order valence-corrected chi connectivity index (χ0v) is 15.7. The molecule has 10 heteroatoms. The van der Waals surface area contributed by atoms with Crippen molar-refractivity contribution in [2.45, 2.75) is 20.4 Å². The van der Waals surface area contributed by atoms with E-state index in [-0.39, 0.29) is 12.6 Å². The van der Waals surface area contributed by atoms with E-state index >= 15 is 0 Å². The maximum absolute atomic E-state index is 8.88. The van der Waals surface area contributed by atoms with Crippen LogP contribution in [0.2, 0.25) is 5.02 Å². The minimum absolute atomic E-state index is 0.0193. The van der Waals surface area contributed by atoms with E-state index < -0.39 is 0 Å². The molecule has 0 saturated carbocycles. The second-order valence-corrected chi connectivity index (χ2v) is 6.13. The van der Waals surface area contributed by atoms with Crippen LogP contribution in [0.4, 0.5) is 23.6 Å². The van der Waals surface area contributed by atoms with Crippen molar-refractivity contribution in [3.05, 3.63) is 46.6 Å². The lowest BCUT2D eigenvalue weighted by Gasteiger charge is -2.09. The van der Waals surface area contributed by atoms with Gasteiger partial charge in [-0.05, 0) is 25.5 Å². The molecule has 142 valence electrons. The molecule has 0 bridgehead atoms. The van der Waals surface area contributed by atoms with E-state index in [1.165, 1.54) is 0 Å². The molecule has 4 N–H and O–H groups in total. The molecule has 0 spiro atoms. The van der Waals surface area contributed by atoms with E-state index in [0.29, 0.717) is 41.6 Å². The number of hydrogen-bond donors (Lipinski definition) is 4. The van der Waals surface area contributed by atoms with Gasteiger partial charge in [-0.15, -0.1) is 0 Å². The number of nitrogens with zero attached hydrogens (tertiary/aromatic N) is 4. The lowest BCUT2D eigenvalue weighted by atomic mass is 10.2. The molecular weight excluding hydrogens is 370 g/mol. The fourth-order valence-electron chi connectivity index (χ4n) is 2.36. The third-order valence-corrected chi connectivity index (χ3v) is 3.89. The van der Waals surface area contributed by atoms with E-state index in [9.17, 15) is 0 Å². The van der Waals surface area contributed by atoms with Crippen molar-refractivity contribution in [3.8, 4) is 0 Å². The summed E-state index contributed by atoms with van der Waals surface area (Å²) in [7, 11) is 0. The molecule has 0 aliphatic carbocycles. The fraction of sp³-hybridized carbons (Fsp3) is 0.294. The number of aliphatic hydroxyl groups is 1. The van der Waals surface area contributed by atoms with E-state index in [0.717, 1.165) is 11.3 Å². The second-order valence-electron chi connectivity index (χ2n) is 5.72. The first-order chi connectivity index (χ1) is 13.0. The number of aromatic nitrogens is 4. The Morgan fingerprint density at radius 1 is 1.11 bits per heavy atom. The average molecular weight is 390 g/mol. The number of aryl methyl sites for hydroxylation is 2. The number of para-hydroxylation sites is 1. The third-order valence-electron chi connectivity index (χ3n) is 3.58. The van der Waals surface area contributed by atoms with Crippen LogP contribution in [-0.2, 0) is 6.54 Å². The Morgan fingerprint density at radius 3 is 2.70 bits per heavy atom. The van der Waals surface area contributed by atoms with Gasteiger partial charge in [0.25, 0.3) is 0 Å². The molecule has 9 nitrogen and oxygen atoms in total. The number of anilines is 4. The van der Waals surface area contributed by atoms with Gasteiger partial charge in [0.1, 0.15) is 11.6 Å². The van der Waals surface area contributed by atoms with Crippen LogP contribution in [0.25, 0.3) is 0 Å². The number of benzene rings is 1. The Balaban J connectivity index is 1.65. The van der Waals surface area contributed by atoms with Gasteiger partial charge in [-0.25, -0.2) is 4.98 Å². The highest BCUT2D eigenvalue weighted by atomic mass is 35.5. The SMILES string of the molecule is Cc1nc(NCCO)nc(Nc2ncc(CNc3c(C)cccc3Cl)o2)n1. The molecule has 0 radical (unpaired) electrons. The number of halogens is 1. The molecule has 0 aliphatic rings. The van der Waals surface area contributed by atoms with Crippen molar-refractivity contribution in [2.75, 3.05) is 29.1 Å². The molecule has 1 aromatic carbocycles. The summed E-state index contributed by atoms with van der Waals surface area (Å²) in [6.07, 6.45) is 1.61. The summed E-state index contributed by atoms with van der Waals surface area (Å²) >= 11 is 6.21. The summed E-state index contributed by atoms with van der Waals surface area (Å²) in [6, 6.07) is 5.98. The van der Waals surface area contributed by atoms with Crippen molar-refractivity contribution in [2.24, 2.45) is 0 Å². The van der Waals surface area contributed by atoms with Gasteiger partial charge in [0.2, 0.25) is 11.9 Å². The van der Waals surface area contributed by atoms with Crippen molar-refractivity contribution in [1.82, 2.24) is 19.9 Å². The standard InChI is InChI=1S/C17H20ClN7O2/c1-10-4-3-5-13(18)14(10)20-8-12-9-21-17(27-12)25-16-23-11(2)22-15(24-16)19-6-7-26/h3-5,9,20,26H,6-8H2,1-2H3,(H2,19,21,22,23,24,25). The number of rotatable bonds is 8. The van der Waals surface area contributed by atoms with Crippen molar-refractivity contribution < 1.29 is 9.52 Å². The Bertz CT molecular complexity index is 896. The Hall–Kier alpha value is -2.91. The van der Waals surface area contributed by atoms with Crippen molar-refractivity contribution in [1.29, 1.82) is 0 Å². The average Bonchev–Trinajstić information content (AvgIpc) is 3.06. The lowest BCUT2D eigenvalue weighted by molar-refractivity contribution is 0.310. The summed E-state index contributed by atoms with van der Waals surface area (Å²) in [6.45, 7) is 4.48. The number of nitrogens with one attached hydrogen (secondary N) is 3. The normalized spacial score (nSPS) is 10.7. The zero-order chi connectivity index (χ0) is 19.2. The van der Waals surface area contributed by atoms with Gasteiger partial charge in [-0.1, -0.05) is 23.7 Å². The Kier molecular flexibility index (Phi) is 6.05. The molecule has 2 heterocycles. The quantitative estimate of drug-likeness (QED) is 0.460. The summed E-state index contributed by atoms with van der Waals surface area (Å²) in [4.78, 5) is 16.7. The second kappa shape index (κ2) is 8.65. The molecule has 0 fully saturated rings. The van der Waals surface area contributed by atoms with E-state index in [2.05, 4.69) is 35.9 Å².